The number of rotatable bonds is 6. The van der Waals surface area contributed by atoms with Crippen LogP contribution < -0.4 is 5.32 Å². The van der Waals surface area contributed by atoms with Crippen molar-refractivity contribution in [1.29, 1.82) is 0 Å². The molecule has 0 aliphatic heterocycles. The molecule has 0 bridgehead atoms. The van der Waals surface area contributed by atoms with Gasteiger partial charge in [0.2, 0.25) is 5.91 Å². The minimum Gasteiger partial charge on any atom is -0.410 e. The molecule has 8 heteroatoms. The molecule has 0 radical (unpaired) electrons. The summed E-state index contributed by atoms with van der Waals surface area (Å²) in [6, 6.07) is 12.2. The van der Waals surface area contributed by atoms with Gasteiger partial charge in [-0.25, -0.2) is 0 Å². The molecule has 0 aliphatic carbocycles. The van der Waals surface area contributed by atoms with Crippen molar-refractivity contribution in [2.75, 3.05) is 11.1 Å². The third-order valence-corrected chi connectivity index (χ3v) is 3.99. The Morgan fingerprint density at radius 1 is 1.16 bits per heavy atom. The van der Waals surface area contributed by atoms with Crippen molar-refractivity contribution in [1.82, 2.24) is 15.2 Å². The number of Topliss-reactive ketones (excluding diaryl/α,β-unsaturated/α-hetero) is 1. The first-order chi connectivity index (χ1) is 12.1. The molecular formula is C17H14N4O3S. The van der Waals surface area contributed by atoms with Gasteiger partial charge in [-0.1, -0.05) is 30.0 Å². The maximum atomic E-state index is 12.0. The second-order valence-corrected chi connectivity index (χ2v) is 5.99. The van der Waals surface area contributed by atoms with Crippen molar-refractivity contribution in [2.45, 2.75) is 12.1 Å². The van der Waals surface area contributed by atoms with Crippen molar-refractivity contribution >= 4 is 29.1 Å². The highest BCUT2D eigenvalue weighted by Gasteiger charge is 2.12. The molecule has 0 saturated carbocycles. The number of hydrogen-bond donors (Lipinski definition) is 1. The Bertz CT molecular complexity index is 896. The van der Waals surface area contributed by atoms with E-state index in [9.17, 15) is 9.59 Å². The number of carbonyl (C=O) groups excluding carboxylic acids is 2. The third kappa shape index (κ3) is 4.51. The molecule has 7 nitrogen and oxygen atoms in total. The number of amides is 1. The fourth-order valence-corrected chi connectivity index (χ4v) is 2.56. The first kappa shape index (κ1) is 16.8. The molecule has 0 atom stereocenters. The summed E-state index contributed by atoms with van der Waals surface area (Å²) in [7, 11) is 0. The van der Waals surface area contributed by atoms with E-state index in [1.165, 1.54) is 6.92 Å². The number of pyridine rings is 1. The van der Waals surface area contributed by atoms with Crippen LogP contribution in [0.3, 0.4) is 0 Å². The lowest BCUT2D eigenvalue weighted by Crippen LogP contribution is -2.14. The molecule has 2 heterocycles. The lowest BCUT2D eigenvalue weighted by Gasteiger charge is -2.05. The smallest absolute Gasteiger partial charge is 0.277 e. The number of thioether (sulfide) groups is 1. The number of hydrogen-bond acceptors (Lipinski definition) is 7. The monoisotopic (exact) mass is 354 g/mol. The number of carbonyl (C=O) groups is 2. The van der Waals surface area contributed by atoms with Gasteiger partial charge in [0.05, 0.1) is 5.75 Å². The fourth-order valence-electron chi connectivity index (χ4n) is 2.00. The lowest BCUT2D eigenvalue weighted by molar-refractivity contribution is -0.113. The topological polar surface area (TPSA) is 98.0 Å². The molecule has 0 saturated heterocycles. The van der Waals surface area contributed by atoms with E-state index < -0.39 is 0 Å². The van der Waals surface area contributed by atoms with E-state index in [4.69, 9.17) is 4.42 Å². The molecule has 3 rings (SSSR count). The van der Waals surface area contributed by atoms with Crippen molar-refractivity contribution in [3.05, 3.63) is 54.2 Å². The second-order valence-electron chi connectivity index (χ2n) is 5.06. The van der Waals surface area contributed by atoms with Gasteiger partial charge in [-0.3, -0.25) is 14.6 Å². The Labute approximate surface area is 147 Å². The van der Waals surface area contributed by atoms with Crippen molar-refractivity contribution in [3.63, 3.8) is 0 Å². The molecule has 3 aromatic rings. The lowest BCUT2D eigenvalue weighted by atomic mass is 10.1. The summed E-state index contributed by atoms with van der Waals surface area (Å²) < 4.78 is 5.47. The van der Waals surface area contributed by atoms with E-state index in [1.54, 1.807) is 42.6 Å². The third-order valence-electron chi connectivity index (χ3n) is 3.17. The van der Waals surface area contributed by atoms with Gasteiger partial charge in [-0.05, 0) is 31.2 Å². The minimum absolute atomic E-state index is 0.0571. The van der Waals surface area contributed by atoms with Crippen LogP contribution in [0.15, 0.2) is 58.3 Å². The van der Waals surface area contributed by atoms with Gasteiger partial charge in [0.15, 0.2) is 5.78 Å². The van der Waals surface area contributed by atoms with Gasteiger partial charge in [0.25, 0.3) is 11.1 Å². The zero-order valence-electron chi connectivity index (χ0n) is 13.3. The first-order valence-electron chi connectivity index (χ1n) is 7.40. The quantitative estimate of drug-likeness (QED) is 0.536. The Morgan fingerprint density at radius 2 is 2.04 bits per heavy atom. The molecular weight excluding hydrogens is 340 g/mol. The van der Waals surface area contributed by atoms with Crippen LogP contribution in [0.2, 0.25) is 0 Å². The average Bonchev–Trinajstić information content (AvgIpc) is 3.10. The standard InChI is InChI=1S/C17H14N4O3S/c1-11(22)12-5-4-6-13(9-12)19-15(23)10-25-17-21-20-16(24-17)14-7-2-3-8-18-14/h2-9H,10H2,1H3,(H,19,23). The number of aromatic nitrogens is 3. The SMILES string of the molecule is CC(=O)c1cccc(NC(=O)CSc2nnc(-c3ccccn3)o2)c1. The van der Waals surface area contributed by atoms with Gasteiger partial charge in [0.1, 0.15) is 5.69 Å². The molecule has 0 fully saturated rings. The van der Waals surface area contributed by atoms with Crippen LogP contribution >= 0.6 is 11.8 Å². The highest BCUT2D eigenvalue weighted by atomic mass is 32.2. The molecule has 2 aromatic heterocycles. The Hall–Kier alpha value is -3.00. The van der Waals surface area contributed by atoms with E-state index in [-0.39, 0.29) is 22.7 Å². The normalized spacial score (nSPS) is 10.4. The van der Waals surface area contributed by atoms with Crippen molar-refractivity contribution in [2.24, 2.45) is 0 Å². The summed E-state index contributed by atoms with van der Waals surface area (Å²) >= 11 is 1.13. The molecule has 0 spiro atoms. The van der Waals surface area contributed by atoms with Crippen molar-refractivity contribution in [3.8, 4) is 11.6 Å². The summed E-state index contributed by atoms with van der Waals surface area (Å²) in [4.78, 5) is 27.5. The number of nitrogens with one attached hydrogen (secondary N) is 1. The maximum Gasteiger partial charge on any atom is 0.277 e. The maximum absolute atomic E-state index is 12.0. The molecule has 0 aliphatic rings. The summed E-state index contributed by atoms with van der Waals surface area (Å²) in [5.74, 6) is 0.119. The second kappa shape index (κ2) is 7.71. The van der Waals surface area contributed by atoms with Crippen LogP contribution in [0.1, 0.15) is 17.3 Å². The average molecular weight is 354 g/mol. The molecule has 1 aromatic carbocycles. The number of ketones is 1. The van der Waals surface area contributed by atoms with Crippen LogP contribution in [-0.2, 0) is 4.79 Å². The largest absolute Gasteiger partial charge is 0.410 e. The Morgan fingerprint density at radius 3 is 2.80 bits per heavy atom. The number of nitrogens with zero attached hydrogens (tertiary/aromatic N) is 3. The Balaban J connectivity index is 1.57. The van der Waals surface area contributed by atoms with E-state index in [2.05, 4.69) is 20.5 Å². The zero-order valence-corrected chi connectivity index (χ0v) is 14.1. The van der Waals surface area contributed by atoms with Crippen LogP contribution in [0, 0.1) is 0 Å². The van der Waals surface area contributed by atoms with Crippen LogP contribution in [-0.4, -0.2) is 32.6 Å². The highest BCUT2D eigenvalue weighted by molar-refractivity contribution is 7.99. The van der Waals surface area contributed by atoms with Gasteiger partial charge >= 0.3 is 0 Å². The van der Waals surface area contributed by atoms with Crippen LogP contribution in [0.5, 0.6) is 0 Å². The summed E-state index contributed by atoms with van der Waals surface area (Å²) in [6.45, 7) is 1.48. The number of anilines is 1. The molecule has 1 amide bonds. The predicted octanol–water partition coefficient (Wildman–Crippen LogP) is 3.07. The van der Waals surface area contributed by atoms with Crippen molar-refractivity contribution < 1.29 is 14.0 Å². The molecule has 25 heavy (non-hydrogen) atoms. The highest BCUT2D eigenvalue weighted by Crippen LogP contribution is 2.21. The summed E-state index contributed by atoms with van der Waals surface area (Å²) in [5, 5.41) is 10.8. The summed E-state index contributed by atoms with van der Waals surface area (Å²) in [6.07, 6.45) is 1.63. The Kier molecular flexibility index (Phi) is 5.20. The fraction of sp³-hybridized carbons (Fsp3) is 0.118. The van der Waals surface area contributed by atoms with E-state index >= 15 is 0 Å². The van der Waals surface area contributed by atoms with Gasteiger partial charge < -0.3 is 9.73 Å². The molecule has 0 unspecified atom stereocenters. The zero-order chi connectivity index (χ0) is 17.6. The molecule has 1 N–H and O–H groups in total. The van der Waals surface area contributed by atoms with Gasteiger partial charge in [-0.15, -0.1) is 10.2 Å². The van der Waals surface area contributed by atoms with Gasteiger partial charge in [-0.2, -0.15) is 0 Å². The van der Waals surface area contributed by atoms with Crippen LogP contribution in [0.4, 0.5) is 5.69 Å². The van der Waals surface area contributed by atoms with Gasteiger partial charge in [0, 0.05) is 17.4 Å². The minimum atomic E-state index is -0.233. The molecule has 126 valence electrons. The predicted molar refractivity (Wildman–Crippen MR) is 93.3 cm³/mol. The van der Waals surface area contributed by atoms with E-state index in [0.717, 1.165) is 11.8 Å². The number of benzene rings is 1. The van der Waals surface area contributed by atoms with E-state index in [1.807, 2.05) is 6.07 Å². The van der Waals surface area contributed by atoms with Crippen LogP contribution in [0.25, 0.3) is 11.6 Å². The summed E-state index contributed by atoms with van der Waals surface area (Å²) in [5.41, 5.74) is 1.69. The van der Waals surface area contributed by atoms with E-state index in [0.29, 0.717) is 22.8 Å². The first-order valence-corrected chi connectivity index (χ1v) is 8.39.